The van der Waals surface area contributed by atoms with Crippen molar-refractivity contribution in [2.45, 2.75) is 18.4 Å². The highest BCUT2D eigenvalue weighted by atomic mass is 35.5. The highest BCUT2D eigenvalue weighted by molar-refractivity contribution is 7.89. The lowest BCUT2D eigenvalue weighted by Gasteiger charge is -2.19. The van der Waals surface area contributed by atoms with E-state index < -0.39 is 16.0 Å². The van der Waals surface area contributed by atoms with Crippen LogP contribution in [0, 0.1) is 6.92 Å². The number of hydrogen-bond acceptors (Lipinski definition) is 4. The molecule has 0 aromatic heterocycles. The van der Waals surface area contributed by atoms with Gasteiger partial charge in [-0.1, -0.05) is 23.7 Å². The Bertz CT molecular complexity index is 865. The summed E-state index contributed by atoms with van der Waals surface area (Å²) in [5, 5.41) is 0.553. The molecule has 0 bridgehead atoms. The molecule has 0 unspecified atom stereocenters. The zero-order valence-electron chi connectivity index (χ0n) is 13.6. The van der Waals surface area contributed by atoms with Crippen LogP contribution >= 0.6 is 11.6 Å². The van der Waals surface area contributed by atoms with Gasteiger partial charge in [-0.05, 0) is 48.4 Å². The summed E-state index contributed by atoms with van der Waals surface area (Å²) in [5.41, 5.74) is 1.58. The fraction of sp³-hybridized carbons (Fsp3) is 0.235. The van der Waals surface area contributed by atoms with Crippen LogP contribution in [0.5, 0.6) is 0 Å². The minimum atomic E-state index is -3.69. The second-order valence-corrected chi connectivity index (χ2v) is 7.81. The Kier molecular flexibility index (Phi) is 5.64. The Morgan fingerprint density at radius 3 is 2.50 bits per heavy atom. The first-order chi connectivity index (χ1) is 11.3. The number of esters is 1. The molecule has 0 N–H and O–H groups in total. The lowest BCUT2D eigenvalue weighted by Crippen LogP contribution is -2.27. The third-order valence-corrected chi connectivity index (χ3v) is 5.78. The summed E-state index contributed by atoms with van der Waals surface area (Å²) in [5.74, 6) is -0.505. The predicted octanol–water partition coefficient (Wildman–Crippen LogP) is 3.26. The summed E-state index contributed by atoms with van der Waals surface area (Å²) in [6.45, 7) is 1.84. The maximum atomic E-state index is 12.8. The molecule has 0 radical (unpaired) electrons. The highest BCUT2D eigenvalue weighted by Crippen LogP contribution is 2.22. The highest BCUT2D eigenvalue weighted by Gasteiger charge is 2.23. The van der Waals surface area contributed by atoms with Gasteiger partial charge in [-0.25, -0.2) is 13.2 Å². The molecule has 0 heterocycles. The van der Waals surface area contributed by atoms with Crippen LogP contribution in [0.15, 0.2) is 47.4 Å². The number of halogens is 1. The van der Waals surface area contributed by atoms with Gasteiger partial charge in [0, 0.05) is 18.6 Å². The number of methoxy groups -OCH3 is 1. The monoisotopic (exact) mass is 367 g/mol. The van der Waals surface area contributed by atoms with E-state index in [0.29, 0.717) is 16.1 Å². The molecule has 0 aliphatic carbocycles. The van der Waals surface area contributed by atoms with Gasteiger partial charge in [0.1, 0.15) is 0 Å². The molecule has 2 rings (SSSR count). The average molecular weight is 368 g/mol. The normalized spacial score (nSPS) is 11.5. The Balaban J connectivity index is 2.31. The summed E-state index contributed by atoms with van der Waals surface area (Å²) in [7, 11) is -0.909. The summed E-state index contributed by atoms with van der Waals surface area (Å²) in [6.07, 6.45) is 0. The molecule has 0 spiro atoms. The van der Waals surface area contributed by atoms with E-state index >= 15 is 0 Å². The summed E-state index contributed by atoms with van der Waals surface area (Å²) < 4.78 is 31.4. The Morgan fingerprint density at radius 2 is 1.92 bits per heavy atom. The fourth-order valence-corrected chi connectivity index (χ4v) is 3.90. The van der Waals surface area contributed by atoms with Crippen molar-refractivity contribution in [1.82, 2.24) is 4.31 Å². The van der Waals surface area contributed by atoms with Crippen LogP contribution in [-0.2, 0) is 21.3 Å². The molecule has 0 saturated heterocycles. The predicted molar refractivity (Wildman–Crippen MR) is 92.6 cm³/mol. The minimum Gasteiger partial charge on any atom is -0.465 e. The quantitative estimate of drug-likeness (QED) is 0.761. The Labute approximate surface area is 146 Å². The average Bonchev–Trinajstić information content (AvgIpc) is 2.53. The van der Waals surface area contributed by atoms with Gasteiger partial charge in [0.25, 0.3) is 0 Å². The van der Waals surface area contributed by atoms with E-state index in [9.17, 15) is 13.2 Å². The van der Waals surface area contributed by atoms with E-state index in [-0.39, 0.29) is 11.4 Å². The maximum absolute atomic E-state index is 12.8. The van der Waals surface area contributed by atoms with Gasteiger partial charge in [-0.2, -0.15) is 4.31 Å². The van der Waals surface area contributed by atoms with Crippen molar-refractivity contribution in [3.05, 3.63) is 64.2 Å². The number of ether oxygens (including phenoxy) is 1. The summed E-state index contributed by atoms with van der Waals surface area (Å²) in [4.78, 5) is 11.7. The van der Waals surface area contributed by atoms with Gasteiger partial charge in [0.15, 0.2) is 0 Å². The third-order valence-electron chi connectivity index (χ3n) is 3.58. The minimum absolute atomic E-state index is 0.152. The molecule has 7 heteroatoms. The smallest absolute Gasteiger partial charge is 0.337 e. The van der Waals surface area contributed by atoms with Crippen molar-refractivity contribution in [1.29, 1.82) is 0 Å². The zero-order chi connectivity index (χ0) is 17.9. The SMILES string of the molecule is COC(=O)c1ccc(S(=O)(=O)N(C)Cc2cccc(Cl)c2)c(C)c1. The van der Waals surface area contributed by atoms with Gasteiger partial charge < -0.3 is 4.74 Å². The first kappa shape index (κ1) is 18.4. The van der Waals surface area contributed by atoms with E-state index in [4.69, 9.17) is 11.6 Å². The molecule has 0 aliphatic heterocycles. The molecule has 2 aromatic carbocycles. The van der Waals surface area contributed by atoms with Crippen LogP contribution in [0.1, 0.15) is 21.5 Å². The van der Waals surface area contributed by atoms with Crippen LogP contribution < -0.4 is 0 Å². The number of carbonyl (C=O) groups excluding carboxylic acids is 1. The van der Waals surface area contributed by atoms with Crippen LogP contribution in [0.4, 0.5) is 0 Å². The van der Waals surface area contributed by atoms with E-state index in [1.165, 1.54) is 36.7 Å². The molecule has 0 fully saturated rings. The standard InChI is InChI=1S/C17H18ClNO4S/c1-12-9-14(17(20)23-3)7-8-16(12)24(21,22)19(2)11-13-5-4-6-15(18)10-13/h4-10H,11H2,1-3H3. The van der Waals surface area contributed by atoms with E-state index in [0.717, 1.165) is 5.56 Å². The largest absolute Gasteiger partial charge is 0.465 e. The number of carbonyl (C=O) groups is 1. The number of sulfonamides is 1. The van der Waals surface area contributed by atoms with Crippen molar-refractivity contribution in [3.8, 4) is 0 Å². The molecule has 128 valence electrons. The van der Waals surface area contributed by atoms with Gasteiger partial charge in [-0.3, -0.25) is 0 Å². The van der Waals surface area contributed by atoms with Crippen molar-refractivity contribution in [2.24, 2.45) is 0 Å². The van der Waals surface area contributed by atoms with Crippen LogP contribution in [0.25, 0.3) is 0 Å². The molecule has 0 saturated carbocycles. The summed E-state index contributed by atoms with van der Waals surface area (Å²) >= 11 is 5.93. The van der Waals surface area contributed by atoms with E-state index in [1.807, 2.05) is 6.07 Å². The van der Waals surface area contributed by atoms with E-state index in [1.54, 1.807) is 25.1 Å². The molecule has 0 amide bonds. The second kappa shape index (κ2) is 7.34. The maximum Gasteiger partial charge on any atom is 0.337 e. The van der Waals surface area contributed by atoms with Crippen molar-refractivity contribution < 1.29 is 17.9 Å². The van der Waals surface area contributed by atoms with Crippen molar-refractivity contribution >= 4 is 27.6 Å². The van der Waals surface area contributed by atoms with Crippen LogP contribution in [0.2, 0.25) is 5.02 Å². The Hall–Kier alpha value is -1.89. The molecule has 24 heavy (non-hydrogen) atoms. The number of benzene rings is 2. The number of rotatable bonds is 5. The molecular formula is C17H18ClNO4S. The van der Waals surface area contributed by atoms with Crippen LogP contribution in [0.3, 0.4) is 0 Å². The van der Waals surface area contributed by atoms with Crippen molar-refractivity contribution in [2.75, 3.05) is 14.2 Å². The van der Waals surface area contributed by atoms with Crippen molar-refractivity contribution in [3.63, 3.8) is 0 Å². The van der Waals surface area contributed by atoms with Gasteiger partial charge in [0.2, 0.25) is 10.0 Å². The topological polar surface area (TPSA) is 63.7 Å². The molecule has 0 atom stereocenters. The van der Waals surface area contributed by atoms with E-state index in [2.05, 4.69) is 4.74 Å². The first-order valence-electron chi connectivity index (χ1n) is 7.15. The molecule has 2 aromatic rings. The van der Waals surface area contributed by atoms with Gasteiger partial charge in [-0.15, -0.1) is 0 Å². The number of nitrogens with zero attached hydrogens (tertiary/aromatic N) is 1. The lowest BCUT2D eigenvalue weighted by atomic mass is 10.1. The van der Waals surface area contributed by atoms with Gasteiger partial charge in [0.05, 0.1) is 17.6 Å². The third kappa shape index (κ3) is 3.95. The summed E-state index contributed by atoms with van der Waals surface area (Å²) in [6, 6.07) is 11.4. The number of hydrogen-bond donors (Lipinski definition) is 0. The molecule has 5 nitrogen and oxygen atoms in total. The zero-order valence-corrected chi connectivity index (χ0v) is 15.2. The molecular weight excluding hydrogens is 350 g/mol. The molecule has 0 aliphatic rings. The first-order valence-corrected chi connectivity index (χ1v) is 8.97. The fourth-order valence-electron chi connectivity index (χ4n) is 2.33. The van der Waals surface area contributed by atoms with Crippen LogP contribution in [-0.4, -0.2) is 32.8 Å². The Morgan fingerprint density at radius 1 is 1.21 bits per heavy atom. The number of aryl methyl sites for hydroxylation is 1. The van der Waals surface area contributed by atoms with Gasteiger partial charge >= 0.3 is 5.97 Å². The lowest BCUT2D eigenvalue weighted by molar-refractivity contribution is 0.0600. The second-order valence-electron chi connectivity index (χ2n) is 5.36.